The second-order valence-corrected chi connectivity index (χ2v) is 8.54. The van der Waals surface area contributed by atoms with Crippen LogP contribution in [0.5, 0.6) is 5.75 Å². The molecule has 31 heavy (non-hydrogen) atoms. The van der Waals surface area contributed by atoms with Crippen LogP contribution in [-0.4, -0.2) is 33.4 Å². The van der Waals surface area contributed by atoms with E-state index in [1.54, 1.807) is 18.5 Å². The monoisotopic (exact) mass is 442 g/mol. The Morgan fingerprint density at radius 1 is 1.26 bits per heavy atom. The summed E-state index contributed by atoms with van der Waals surface area (Å²) < 4.78 is 34.1. The normalized spacial score (nSPS) is 16.7. The molecular weight excluding hydrogens is 418 g/mol. The maximum atomic E-state index is 14.3. The van der Waals surface area contributed by atoms with E-state index in [4.69, 9.17) is 9.72 Å². The van der Waals surface area contributed by atoms with Crippen LogP contribution < -0.4 is 9.64 Å². The Morgan fingerprint density at radius 3 is 2.84 bits per heavy atom. The van der Waals surface area contributed by atoms with Crippen LogP contribution in [-0.2, 0) is 6.42 Å². The van der Waals surface area contributed by atoms with Crippen LogP contribution in [0.2, 0.25) is 0 Å². The van der Waals surface area contributed by atoms with Crippen molar-refractivity contribution in [1.82, 2.24) is 15.0 Å². The summed E-state index contributed by atoms with van der Waals surface area (Å²) in [6, 6.07) is 8.30. The minimum absolute atomic E-state index is 0.0799. The van der Waals surface area contributed by atoms with Crippen molar-refractivity contribution in [2.75, 3.05) is 18.1 Å². The van der Waals surface area contributed by atoms with E-state index in [9.17, 15) is 8.78 Å². The number of rotatable bonds is 6. The first kappa shape index (κ1) is 21.5. The van der Waals surface area contributed by atoms with Gasteiger partial charge in [-0.05, 0) is 25.5 Å². The van der Waals surface area contributed by atoms with Gasteiger partial charge in [0.15, 0.2) is 17.4 Å². The molecule has 0 radical (unpaired) electrons. The molecule has 0 fully saturated rings. The van der Waals surface area contributed by atoms with E-state index in [2.05, 4.69) is 22.6 Å². The largest absolute Gasteiger partial charge is 0.490 e. The molecule has 162 valence electrons. The third-order valence-electron chi connectivity index (χ3n) is 5.41. The predicted octanol–water partition coefficient (Wildman–Crippen LogP) is 5.03. The number of anilines is 1. The SMILES string of the molecule is CC(S)CCOc1cc(N2CCc3nc(-c4ccccn4)ncc3C2C)cc(F)c1F. The van der Waals surface area contributed by atoms with Crippen molar-refractivity contribution in [1.29, 1.82) is 0 Å². The van der Waals surface area contributed by atoms with Crippen LogP contribution in [0.15, 0.2) is 42.7 Å². The van der Waals surface area contributed by atoms with Crippen molar-refractivity contribution in [3.8, 4) is 17.3 Å². The molecule has 1 aliphatic rings. The zero-order valence-electron chi connectivity index (χ0n) is 17.4. The second kappa shape index (κ2) is 9.18. The zero-order chi connectivity index (χ0) is 22.0. The van der Waals surface area contributed by atoms with E-state index in [0.717, 1.165) is 17.0 Å². The Morgan fingerprint density at radius 2 is 2.10 bits per heavy atom. The maximum Gasteiger partial charge on any atom is 0.200 e. The molecule has 2 unspecified atom stereocenters. The highest BCUT2D eigenvalue weighted by molar-refractivity contribution is 7.80. The third-order valence-corrected chi connectivity index (χ3v) is 5.66. The summed E-state index contributed by atoms with van der Waals surface area (Å²) in [6.07, 6.45) is 4.81. The molecule has 1 aliphatic heterocycles. The average Bonchev–Trinajstić information content (AvgIpc) is 2.77. The summed E-state index contributed by atoms with van der Waals surface area (Å²) in [5.41, 5.74) is 3.20. The zero-order valence-corrected chi connectivity index (χ0v) is 18.3. The Hall–Kier alpha value is -2.74. The van der Waals surface area contributed by atoms with Crippen LogP contribution >= 0.6 is 12.6 Å². The molecule has 0 aliphatic carbocycles. The first-order valence-corrected chi connectivity index (χ1v) is 10.8. The number of hydrogen-bond donors (Lipinski definition) is 1. The van der Waals surface area contributed by atoms with E-state index in [1.165, 1.54) is 6.07 Å². The fourth-order valence-electron chi connectivity index (χ4n) is 3.70. The van der Waals surface area contributed by atoms with Crippen molar-refractivity contribution in [2.24, 2.45) is 0 Å². The van der Waals surface area contributed by atoms with Gasteiger partial charge in [0.1, 0.15) is 5.69 Å². The molecule has 2 atom stereocenters. The van der Waals surface area contributed by atoms with Crippen LogP contribution in [0.3, 0.4) is 0 Å². The lowest BCUT2D eigenvalue weighted by Gasteiger charge is -2.36. The molecule has 4 rings (SSSR count). The number of halogens is 2. The quantitative estimate of drug-likeness (QED) is 0.543. The van der Waals surface area contributed by atoms with E-state index < -0.39 is 11.6 Å². The number of nitrogens with zero attached hydrogens (tertiary/aromatic N) is 4. The van der Waals surface area contributed by atoms with Crippen molar-refractivity contribution in [2.45, 2.75) is 38.0 Å². The maximum absolute atomic E-state index is 14.3. The highest BCUT2D eigenvalue weighted by atomic mass is 32.1. The Bertz CT molecular complexity index is 1060. The minimum Gasteiger partial charge on any atom is -0.490 e. The lowest BCUT2D eigenvalue weighted by atomic mass is 9.98. The molecule has 2 aromatic heterocycles. The standard InChI is InChI=1S/C23H24F2N4OS/c1-14(31)7-10-30-21-12-16(11-18(24)22(21)25)29-9-6-19-17(15(29)2)13-27-23(28-19)20-5-3-4-8-26-20/h3-5,8,11-15,31H,6-7,9-10H2,1-2H3. The molecule has 0 spiro atoms. The van der Waals surface area contributed by atoms with Gasteiger partial charge in [0.25, 0.3) is 0 Å². The first-order chi connectivity index (χ1) is 14.9. The van der Waals surface area contributed by atoms with E-state index in [1.807, 2.05) is 36.9 Å². The second-order valence-electron chi connectivity index (χ2n) is 7.66. The van der Waals surface area contributed by atoms with Crippen LogP contribution in [0.4, 0.5) is 14.5 Å². The van der Waals surface area contributed by atoms with Gasteiger partial charge in [-0.2, -0.15) is 17.0 Å². The molecule has 0 N–H and O–H groups in total. The molecule has 3 aromatic rings. The molecular formula is C23H24F2N4OS. The number of hydrogen-bond acceptors (Lipinski definition) is 6. The summed E-state index contributed by atoms with van der Waals surface area (Å²) in [5.74, 6) is -1.39. The fraction of sp³-hybridized carbons (Fsp3) is 0.348. The Balaban J connectivity index is 1.59. The average molecular weight is 443 g/mol. The number of fused-ring (bicyclic) bond motifs is 1. The Kier molecular flexibility index (Phi) is 6.36. The fourth-order valence-corrected chi connectivity index (χ4v) is 3.80. The predicted molar refractivity (Wildman–Crippen MR) is 120 cm³/mol. The smallest absolute Gasteiger partial charge is 0.200 e. The number of aromatic nitrogens is 3. The van der Waals surface area contributed by atoms with E-state index in [-0.39, 0.29) is 23.6 Å². The summed E-state index contributed by atoms with van der Waals surface area (Å²) in [5, 5.41) is 0.116. The third kappa shape index (κ3) is 4.63. The summed E-state index contributed by atoms with van der Waals surface area (Å²) in [7, 11) is 0. The Labute approximate surface area is 185 Å². The molecule has 0 amide bonds. The van der Waals surface area contributed by atoms with E-state index in [0.29, 0.717) is 30.9 Å². The number of thiol groups is 1. The van der Waals surface area contributed by atoms with Crippen LogP contribution in [0.1, 0.15) is 37.6 Å². The first-order valence-electron chi connectivity index (χ1n) is 10.3. The number of pyridine rings is 1. The molecule has 8 heteroatoms. The van der Waals surface area contributed by atoms with Gasteiger partial charge in [-0.25, -0.2) is 14.4 Å². The number of ether oxygens (including phenoxy) is 1. The topological polar surface area (TPSA) is 51.1 Å². The molecule has 0 saturated carbocycles. The van der Waals surface area contributed by atoms with Gasteiger partial charge in [-0.15, -0.1) is 0 Å². The van der Waals surface area contributed by atoms with Gasteiger partial charge in [-0.3, -0.25) is 4.98 Å². The van der Waals surface area contributed by atoms with Crippen LogP contribution in [0.25, 0.3) is 11.5 Å². The van der Waals surface area contributed by atoms with Crippen molar-refractivity contribution in [3.05, 3.63) is 65.6 Å². The van der Waals surface area contributed by atoms with Gasteiger partial charge in [0.05, 0.1) is 18.3 Å². The molecule has 0 bridgehead atoms. The van der Waals surface area contributed by atoms with Crippen molar-refractivity contribution in [3.63, 3.8) is 0 Å². The number of benzene rings is 1. The van der Waals surface area contributed by atoms with Crippen molar-refractivity contribution >= 4 is 18.3 Å². The molecule has 5 nitrogen and oxygen atoms in total. The van der Waals surface area contributed by atoms with Crippen LogP contribution in [0, 0.1) is 11.6 Å². The van der Waals surface area contributed by atoms with Gasteiger partial charge in [-0.1, -0.05) is 13.0 Å². The lowest BCUT2D eigenvalue weighted by molar-refractivity contribution is 0.290. The summed E-state index contributed by atoms with van der Waals surface area (Å²) >= 11 is 4.29. The highest BCUT2D eigenvalue weighted by Gasteiger charge is 2.28. The molecule has 1 aromatic carbocycles. The molecule has 0 saturated heterocycles. The summed E-state index contributed by atoms with van der Waals surface area (Å²) in [6.45, 7) is 4.82. The van der Waals surface area contributed by atoms with Gasteiger partial charge in [0, 0.05) is 54.0 Å². The lowest BCUT2D eigenvalue weighted by Crippen LogP contribution is -2.35. The van der Waals surface area contributed by atoms with Gasteiger partial charge < -0.3 is 9.64 Å². The van der Waals surface area contributed by atoms with Gasteiger partial charge >= 0.3 is 0 Å². The molecule has 3 heterocycles. The van der Waals surface area contributed by atoms with Gasteiger partial charge in [0.2, 0.25) is 5.82 Å². The minimum atomic E-state index is -0.969. The highest BCUT2D eigenvalue weighted by Crippen LogP contribution is 2.36. The van der Waals surface area contributed by atoms with E-state index >= 15 is 0 Å². The van der Waals surface area contributed by atoms with Crippen molar-refractivity contribution < 1.29 is 13.5 Å². The summed E-state index contributed by atoms with van der Waals surface area (Å²) in [4.78, 5) is 15.5.